The van der Waals surface area contributed by atoms with Crippen molar-refractivity contribution in [1.29, 1.82) is 0 Å². The lowest BCUT2D eigenvalue weighted by atomic mass is 9.66. The van der Waals surface area contributed by atoms with Crippen LogP contribution in [0.5, 0.6) is 0 Å². The molecule has 1 aromatic carbocycles. The minimum atomic E-state index is 0.428. The summed E-state index contributed by atoms with van der Waals surface area (Å²) in [5.41, 5.74) is 1.68. The molecule has 0 aliphatic heterocycles. The van der Waals surface area contributed by atoms with Crippen molar-refractivity contribution in [3.8, 4) is 0 Å². The molecule has 18 heavy (non-hydrogen) atoms. The van der Waals surface area contributed by atoms with Crippen LogP contribution in [-0.4, -0.2) is 12.5 Å². The molecule has 0 N–H and O–H groups in total. The highest BCUT2D eigenvalue weighted by Crippen LogP contribution is 2.46. The monoisotopic (exact) mass is 266 g/mol. The Labute approximate surface area is 115 Å². The van der Waals surface area contributed by atoms with Crippen LogP contribution >= 0.6 is 11.6 Å². The van der Waals surface area contributed by atoms with E-state index in [1.807, 2.05) is 6.07 Å². The lowest BCUT2D eigenvalue weighted by Crippen LogP contribution is -2.34. The summed E-state index contributed by atoms with van der Waals surface area (Å²) in [5, 5.41) is 0. The van der Waals surface area contributed by atoms with E-state index >= 15 is 0 Å². The van der Waals surface area contributed by atoms with Gasteiger partial charge in [-0.05, 0) is 36.2 Å². The summed E-state index contributed by atoms with van der Waals surface area (Å²) in [5.74, 6) is 1.42. The van der Waals surface area contributed by atoms with Gasteiger partial charge in [0.05, 0.1) is 6.61 Å². The Bertz CT molecular complexity index is 340. The Balaban J connectivity index is 1.67. The van der Waals surface area contributed by atoms with E-state index in [0.717, 1.165) is 19.1 Å². The van der Waals surface area contributed by atoms with Crippen LogP contribution in [0.1, 0.15) is 38.2 Å². The SMILES string of the molecule is CC(COCc1ccccc1)CC1(CCl)CCC1. The first kappa shape index (κ1) is 13.9. The van der Waals surface area contributed by atoms with Gasteiger partial charge >= 0.3 is 0 Å². The number of benzene rings is 1. The Morgan fingerprint density at radius 1 is 1.28 bits per heavy atom. The molecule has 1 aromatic rings. The predicted octanol–water partition coefficient (Wildman–Crippen LogP) is 4.64. The highest BCUT2D eigenvalue weighted by Gasteiger charge is 2.37. The van der Waals surface area contributed by atoms with E-state index in [-0.39, 0.29) is 0 Å². The van der Waals surface area contributed by atoms with Crippen molar-refractivity contribution in [2.24, 2.45) is 11.3 Å². The zero-order valence-electron chi connectivity index (χ0n) is 11.2. The van der Waals surface area contributed by atoms with Crippen LogP contribution in [-0.2, 0) is 11.3 Å². The molecule has 1 saturated carbocycles. The van der Waals surface area contributed by atoms with Crippen molar-refractivity contribution >= 4 is 11.6 Å². The molecule has 0 amide bonds. The molecule has 1 aliphatic carbocycles. The summed E-state index contributed by atoms with van der Waals surface area (Å²) in [7, 11) is 0. The van der Waals surface area contributed by atoms with Crippen molar-refractivity contribution in [2.45, 2.75) is 39.2 Å². The van der Waals surface area contributed by atoms with Crippen LogP contribution in [0.3, 0.4) is 0 Å². The summed E-state index contributed by atoms with van der Waals surface area (Å²) in [6.07, 6.45) is 5.18. The lowest BCUT2D eigenvalue weighted by Gasteiger charge is -2.42. The fourth-order valence-electron chi connectivity index (χ4n) is 2.82. The maximum atomic E-state index is 6.09. The Kier molecular flexibility index (Phi) is 5.08. The zero-order valence-corrected chi connectivity index (χ0v) is 12.0. The van der Waals surface area contributed by atoms with Gasteiger partial charge in [-0.15, -0.1) is 11.6 Å². The van der Waals surface area contributed by atoms with Gasteiger partial charge in [-0.3, -0.25) is 0 Å². The van der Waals surface area contributed by atoms with Crippen molar-refractivity contribution in [2.75, 3.05) is 12.5 Å². The lowest BCUT2D eigenvalue weighted by molar-refractivity contribution is 0.0525. The van der Waals surface area contributed by atoms with Gasteiger partial charge in [-0.25, -0.2) is 0 Å². The molecule has 0 heterocycles. The zero-order chi connectivity index (χ0) is 12.8. The Hall–Kier alpha value is -0.530. The van der Waals surface area contributed by atoms with Gasteiger partial charge in [0.15, 0.2) is 0 Å². The fraction of sp³-hybridized carbons (Fsp3) is 0.625. The summed E-state index contributed by atoms with van der Waals surface area (Å²) >= 11 is 6.09. The third-order valence-corrected chi connectivity index (χ3v) is 4.56. The van der Waals surface area contributed by atoms with Gasteiger partial charge in [0, 0.05) is 12.5 Å². The van der Waals surface area contributed by atoms with Crippen molar-refractivity contribution in [3.63, 3.8) is 0 Å². The summed E-state index contributed by atoms with van der Waals surface area (Å²) in [4.78, 5) is 0. The molecule has 1 unspecified atom stereocenters. The molecule has 2 rings (SSSR count). The third kappa shape index (κ3) is 3.73. The molecule has 0 spiro atoms. The second kappa shape index (κ2) is 6.58. The van der Waals surface area contributed by atoms with Gasteiger partial charge in [0.2, 0.25) is 0 Å². The van der Waals surface area contributed by atoms with E-state index in [1.165, 1.54) is 31.2 Å². The molecule has 0 aromatic heterocycles. The maximum Gasteiger partial charge on any atom is 0.0717 e. The van der Waals surface area contributed by atoms with Gasteiger partial charge in [0.1, 0.15) is 0 Å². The molecule has 0 radical (unpaired) electrons. The molecule has 1 atom stereocenters. The van der Waals surface area contributed by atoms with Crippen LogP contribution < -0.4 is 0 Å². The number of halogens is 1. The minimum Gasteiger partial charge on any atom is -0.376 e. The summed E-state index contributed by atoms with van der Waals surface area (Å²) < 4.78 is 5.80. The van der Waals surface area contributed by atoms with E-state index in [4.69, 9.17) is 16.3 Å². The number of rotatable bonds is 7. The average Bonchev–Trinajstić information content (AvgIpc) is 2.35. The van der Waals surface area contributed by atoms with Crippen LogP contribution in [0.2, 0.25) is 0 Å². The average molecular weight is 267 g/mol. The van der Waals surface area contributed by atoms with Crippen LogP contribution in [0.4, 0.5) is 0 Å². The van der Waals surface area contributed by atoms with Crippen molar-refractivity contribution in [1.82, 2.24) is 0 Å². The maximum absolute atomic E-state index is 6.09. The first-order valence-electron chi connectivity index (χ1n) is 6.92. The number of alkyl halides is 1. The molecule has 0 bridgehead atoms. The molecule has 0 saturated heterocycles. The van der Waals surface area contributed by atoms with Crippen molar-refractivity contribution < 1.29 is 4.74 Å². The van der Waals surface area contributed by atoms with E-state index < -0.39 is 0 Å². The van der Waals surface area contributed by atoms with Gasteiger partial charge < -0.3 is 4.74 Å². The molecular formula is C16H23ClO. The standard InChI is InChI=1S/C16H23ClO/c1-14(10-16(13-17)8-5-9-16)11-18-12-15-6-3-2-4-7-15/h2-4,6-7,14H,5,8-13H2,1H3. The van der Waals surface area contributed by atoms with E-state index in [9.17, 15) is 0 Å². The fourth-order valence-corrected chi connectivity index (χ4v) is 3.20. The quantitative estimate of drug-likeness (QED) is 0.654. The Morgan fingerprint density at radius 3 is 2.56 bits per heavy atom. The van der Waals surface area contributed by atoms with Crippen LogP contribution in [0.25, 0.3) is 0 Å². The number of hydrogen-bond acceptors (Lipinski definition) is 1. The molecule has 2 heteroatoms. The topological polar surface area (TPSA) is 9.23 Å². The predicted molar refractivity (Wildman–Crippen MR) is 76.9 cm³/mol. The van der Waals surface area contributed by atoms with Crippen molar-refractivity contribution in [3.05, 3.63) is 35.9 Å². The molecular weight excluding hydrogens is 244 g/mol. The molecule has 1 nitrogen and oxygen atoms in total. The minimum absolute atomic E-state index is 0.428. The van der Waals surface area contributed by atoms with Gasteiger partial charge in [0.25, 0.3) is 0 Å². The highest BCUT2D eigenvalue weighted by molar-refractivity contribution is 6.18. The summed E-state index contributed by atoms with van der Waals surface area (Å²) in [6.45, 7) is 3.84. The normalized spacial score (nSPS) is 19.2. The summed E-state index contributed by atoms with van der Waals surface area (Å²) in [6, 6.07) is 10.4. The van der Waals surface area contributed by atoms with E-state index in [2.05, 4.69) is 31.2 Å². The number of ether oxygens (including phenoxy) is 1. The van der Waals surface area contributed by atoms with Crippen LogP contribution in [0.15, 0.2) is 30.3 Å². The highest BCUT2D eigenvalue weighted by atomic mass is 35.5. The first-order chi connectivity index (χ1) is 8.74. The van der Waals surface area contributed by atoms with Gasteiger partial charge in [-0.1, -0.05) is 43.7 Å². The molecule has 100 valence electrons. The first-order valence-corrected chi connectivity index (χ1v) is 7.45. The van der Waals surface area contributed by atoms with Crippen LogP contribution in [0, 0.1) is 11.3 Å². The van der Waals surface area contributed by atoms with E-state index in [1.54, 1.807) is 0 Å². The third-order valence-electron chi connectivity index (χ3n) is 3.99. The number of hydrogen-bond donors (Lipinski definition) is 0. The smallest absolute Gasteiger partial charge is 0.0717 e. The molecule has 1 fully saturated rings. The Morgan fingerprint density at radius 2 is 2.00 bits per heavy atom. The largest absolute Gasteiger partial charge is 0.376 e. The second-order valence-corrected chi connectivity index (χ2v) is 6.06. The molecule has 1 aliphatic rings. The van der Waals surface area contributed by atoms with E-state index in [0.29, 0.717) is 11.3 Å². The van der Waals surface area contributed by atoms with Gasteiger partial charge in [-0.2, -0.15) is 0 Å². The second-order valence-electron chi connectivity index (χ2n) is 5.80.